The molecule has 0 saturated carbocycles. The number of rotatable bonds is 6. The second-order valence-electron chi connectivity index (χ2n) is 6.24. The lowest BCUT2D eigenvalue weighted by Gasteiger charge is -2.33. The highest BCUT2D eigenvalue weighted by atomic mass is 16.5. The number of ether oxygens (including phenoxy) is 1. The van der Waals surface area contributed by atoms with Crippen LogP contribution < -0.4 is 10.5 Å². The first-order chi connectivity index (χ1) is 9.86. The van der Waals surface area contributed by atoms with Gasteiger partial charge in [-0.25, -0.2) is 4.98 Å². The summed E-state index contributed by atoms with van der Waals surface area (Å²) >= 11 is 0. The Bertz CT molecular complexity index is 616. The van der Waals surface area contributed by atoms with Crippen molar-refractivity contribution in [2.24, 2.45) is 0 Å². The number of likely N-dealkylation sites (N-methyl/N-ethyl adjacent to an activating group) is 1. The molecule has 0 unspecified atom stereocenters. The van der Waals surface area contributed by atoms with Gasteiger partial charge < -0.3 is 19.9 Å². The normalized spacial score (nSPS) is 12.3. The van der Waals surface area contributed by atoms with Gasteiger partial charge in [0, 0.05) is 12.1 Å². The zero-order valence-electron chi connectivity index (χ0n) is 13.7. The lowest BCUT2D eigenvalue weighted by molar-refractivity contribution is 0.172. The van der Waals surface area contributed by atoms with Crippen molar-refractivity contribution >= 4 is 17.0 Å². The van der Waals surface area contributed by atoms with Gasteiger partial charge in [-0.05, 0) is 46.5 Å². The molecule has 0 radical (unpaired) electrons. The minimum absolute atomic E-state index is 0.0119. The number of aromatic nitrogens is 2. The topological polar surface area (TPSA) is 56.3 Å². The van der Waals surface area contributed by atoms with E-state index >= 15 is 0 Å². The molecule has 0 spiro atoms. The van der Waals surface area contributed by atoms with Crippen molar-refractivity contribution in [3.63, 3.8) is 0 Å². The number of anilines is 1. The zero-order valence-corrected chi connectivity index (χ0v) is 13.7. The lowest BCUT2D eigenvalue weighted by atomic mass is 10.0. The van der Waals surface area contributed by atoms with E-state index in [4.69, 9.17) is 10.5 Å². The number of benzene rings is 1. The van der Waals surface area contributed by atoms with Gasteiger partial charge in [-0.1, -0.05) is 13.0 Å². The number of hydrogen-bond acceptors (Lipinski definition) is 4. The Morgan fingerprint density at radius 2 is 2.05 bits per heavy atom. The van der Waals surface area contributed by atoms with Crippen molar-refractivity contribution in [1.82, 2.24) is 14.5 Å². The molecule has 0 fully saturated rings. The lowest BCUT2D eigenvalue weighted by Crippen LogP contribution is -2.42. The highest BCUT2D eigenvalue weighted by Crippen LogP contribution is 2.29. The molecular formula is C16H26N4O. The molecule has 0 aliphatic carbocycles. The first kappa shape index (κ1) is 15.6. The Balaban J connectivity index is 2.44. The van der Waals surface area contributed by atoms with Crippen LogP contribution in [-0.2, 0) is 6.54 Å². The number of fused-ring (bicyclic) bond motifs is 1. The number of nitrogens with two attached hydrogens (primary N) is 1. The molecular weight excluding hydrogens is 264 g/mol. The SMILES string of the molecule is CCCOc1cccc2c1nc(N)n2CC(C)(C)N(C)C. The summed E-state index contributed by atoms with van der Waals surface area (Å²) in [6.07, 6.45) is 0.972. The average molecular weight is 290 g/mol. The Morgan fingerprint density at radius 1 is 1.33 bits per heavy atom. The van der Waals surface area contributed by atoms with Crippen LogP contribution in [0.5, 0.6) is 5.75 Å². The number of para-hydroxylation sites is 1. The van der Waals surface area contributed by atoms with E-state index < -0.39 is 0 Å². The fourth-order valence-electron chi connectivity index (χ4n) is 2.16. The van der Waals surface area contributed by atoms with E-state index in [0.717, 1.165) is 29.7 Å². The maximum Gasteiger partial charge on any atom is 0.201 e. The first-order valence-corrected chi connectivity index (χ1v) is 7.41. The third kappa shape index (κ3) is 3.13. The van der Waals surface area contributed by atoms with Crippen molar-refractivity contribution < 1.29 is 4.74 Å². The monoisotopic (exact) mass is 290 g/mol. The summed E-state index contributed by atoms with van der Waals surface area (Å²) in [6, 6.07) is 5.99. The van der Waals surface area contributed by atoms with Gasteiger partial charge in [-0.3, -0.25) is 0 Å². The maximum atomic E-state index is 6.14. The van der Waals surface area contributed by atoms with Crippen LogP contribution >= 0.6 is 0 Å². The second kappa shape index (κ2) is 5.93. The molecule has 1 heterocycles. The third-order valence-corrected chi connectivity index (χ3v) is 3.99. The van der Waals surface area contributed by atoms with Gasteiger partial charge in [0.15, 0.2) is 0 Å². The number of nitrogens with zero attached hydrogens (tertiary/aromatic N) is 3. The first-order valence-electron chi connectivity index (χ1n) is 7.41. The highest BCUT2D eigenvalue weighted by molar-refractivity contribution is 5.84. The van der Waals surface area contributed by atoms with Crippen molar-refractivity contribution in [1.29, 1.82) is 0 Å². The van der Waals surface area contributed by atoms with Crippen molar-refractivity contribution in [3.05, 3.63) is 18.2 Å². The molecule has 0 aliphatic heterocycles. The maximum absolute atomic E-state index is 6.14. The molecule has 2 aromatic rings. The summed E-state index contributed by atoms with van der Waals surface area (Å²) in [7, 11) is 4.15. The summed E-state index contributed by atoms with van der Waals surface area (Å²) < 4.78 is 7.84. The van der Waals surface area contributed by atoms with Crippen LogP contribution in [0.4, 0.5) is 5.95 Å². The van der Waals surface area contributed by atoms with Gasteiger partial charge in [0.25, 0.3) is 0 Å². The largest absolute Gasteiger partial charge is 0.491 e. The molecule has 0 bridgehead atoms. The molecule has 21 heavy (non-hydrogen) atoms. The van der Waals surface area contributed by atoms with Gasteiger partial charge in [0.1, 0.15) is 11.3 Å². The molecule has 0 aliphatic rings. The van der Waals surface area contributed by atoms with Crippen LogP contribution in [0.15, 0.2) is 18.2 Å². The Hall–Kier alpha value is -1.75. The molecule has 1 aromatic heterocycles. The predicted molar refractivity (Wildman–Crippen MR) is 87.7 cm³/mol. The van der Waals surface area contributed by atoms with Crippen LogP contribution in [0.2, 0.25) is 0 Å². The van der Waals surface area contributed by atoms with E-state index in [2.05, 4.69) is 49.3 Å². The predicted octanol–water partition coefficient (Wildman–Crippen LogP) is 2.75. The summed E-state index contributed by atoms with van der Waals surface area (Å²) in [5.74, 6) is 1.34. The summed E-state index contributed by atoms with van der Waals surface area (Å²) in [5, 5.41) is 0. The molecule has 5 heteroatoms. The van der Waals surface area contributed by atoms with Crippen LogP contribution in [0, 0.1) is 0 Å². The number of hydrogen-bond donors (Lipinski definition) is 1. The van der Waals surface area contributed by atoms with Crippen LogP contribution in [0.25, 0.3) is 11.0 Å². The molecule has 5 nitrogen and oxygen atoms in total. The Labute approximate surface area is 126 Å². The number of imidazole rings is 1. The number of nitrogen functional groups attached to an aromatic ring is 1. The fourth-order valence-corrected chi connectivity index (χ4v) is 2.16. The molecule has 0 saturated heterocycles. The smallest absolute Gasteiger partial charge is 0.201 e. The van der Waals surface area contributed by atoms with Crippen molar-refractivity contribution in [2.75, 3.05) is 26.4 Å². The van der Waals surface area contributed by atoms with E-state index in [1.54, 1.807) is 0 Å². The quantitative estimate of drug-likeness (QED) is 0.889. The molecule has 0 atom stereocenters. The van der Waals surface area contributed by atoms with E-state index in [1.807, 2.05) is 18.2 Å². The minimum Gasteiger partial charge on any atom is -0.491 e. The third-order valence-electron chi connectivity index (χ3n) is 3.99. The van der Waals surface area contributed by atoms with Gasteiger partial charge in [-0.2, -0.15) is 0 Å². The van der Waals surface area contributed by atoms with Gasteiger partial charge >= 0.3 is 0 Å². The average Bonchev–Trinajstić information content (AvgIpc) is 2.73. The fraction of sp³-hybridized carbons (Fsp3) is 0.562. The highest BCUT2D eigenvalue weighted by Gasteiger charge is 2.24. The minimum atomic E-state index is -0.0119. The standard InChI is InChI=1S/C16H26N4O/c1-6-10-21-13-9-7-8-12-14(13)18-15(17)20(12)11-16(2,3)19(4)5/h7-9H,6,10-11H2,1-5H3,(H2,17,18). The van der Waals surface area contributed by atoms with Crippen molar-refractivity contribution in [3.8, 4) is 5.75 Å². The van der Waals surface area contributed by atoms with E-state index in [1.165, 1.54) is 0 Å². The molecule has 1 aromatic carbocycles. The Morgan fingerprint density at radius 3 is 2.67 bits per heavy atom. The molecule has 0 amide bonds. The molecule has 116 valence electrons. The van der Waals surface area contributed by atoms with Gasteiger partial charge in [0.05, 0.1) is 12.1 Å². The van der Waals surface area contributed by atoms with E-state index in [9.17, 15) is 0 Å². The molecule has 2 rings (SSSR count). The van der Waals surface area contributed by atoms with Gasteiger partial charge in [-0.15, -0.1) is 0 Å². The van der Waals surface area contributed by atoms with E-state index in [-0.39, 0.29) is 5.54 Å². The zero-order chi connectivity index (χ0) is 15.6. The summed E-state index contributed by atoms with van der Waals surface area (Å²) in [4.78, 5) is 6.70. The van der Waals surface area contributed by atoms with Crippen LogP contribution in [-0.4, -0.2) is 40.7 Å². The summed E-state index contributed by atoms with van der Waals surface area (Å²) in [5.41, 5.74) is 7.99. The van der Waals surface area contributed by atoms with E-state index in [0.29, 0.717) is 12.6 Å². The summed E-state index contributed by atoms with van der Waals surface area (Å²) in [6.45, 7) is 7.94. The van der Waals surface area contributed by atoms with Crippen LogP contribution in [0.3, 0.4) is 0 Å². The molecule has 2 N–H and O–H groups in total. The van der Waals surface area contributed by atoms with Crippen LogP contribution in [0.1, 0.15) is 27.2 Å². The van der Waals surface area contributed by atoms with Crippen molar-refractivity contribution in [2.45, 2.75) is 39.3 Å². The second-order valence-corrected chi connectivity index (χ2v) is 6.24. The van der Waals surface area contributed by atoms with Gasteiger partial charge in [0.2, 0.25) is 5.95 Å². The Kier molecular flexibility index (Phi) is 4.42.